The Labute approximate surface area is 116 Å². The smallest absolute Gasteiger partial charge is 0.272 e. The molecule has 3 rings (SSSR count). The number of hydrogen-bond acceptors (Lipinski definition) is 2. The highest BCUT2D eigenvalue weighted by Crippen LogP contribution is 2.38. The van der Waals surface area contributed by atoms with Crippen LogP contribution in [0.15, 0.2) is 24.3 Å². The number of benzene rings is 1. The monoisotopic (exact) mass is 271 g/mol. The number of carbonyl (C=O) groups excluding carboxylic acids is 2. The van der Waals surface area contributed by atoms with Crippen LogP contribution in [0.25, 0.3) is 10.9 Å². The van der Waals surface area contributed by atoms with Crippen molar-refractivity contribution in [2.75, 3.05) is 0 Å². The van der Waals surface area contributed by atoms with Crippen molar-refractivity contribution in [3.05, 3.63) is 35.5 Å². The molecule has 0 saturated heterocycles. The quantitative estimate of drug-likeness (QED) is 0.835. The number of fused-ring (bicyclic) bond motifs is 3. The topological polar surface area (TPSA) is 65.2 Å². The lowest BCUT2D eigenvalue weighted by atomic mass is 9.88. The number of hydrogen-bond donors (Lipinski definition) is 2. The maximum Gasteiger partial charge on any atom is 0.272 e. The van der Waals surface area contributed by atoms with Gasteiger partial charge in [-0.1, -0.05) is 25.1 Å². The number of carbonyl (C=O) groups is 2. The molecule has 0 aliphatic carbocycles. The maximum absolute atomic E-state index is 12.4. The summed E-state index contributed by atoms with van der Waals surface area (Å²) in [6, 6.07) is 7.69. The largest absolute Gasteiger partial charge is 0.356 e. The van der Waals surface area contributed by atoms with Crippen molar-refractivity contribution in [2.45, 2.75) is 32.7 Å². The van der Waals surface area contributed by atoms with Gasteiger partial charge in [-0.15, -0.1) is 0 Å². The Kier molecular flexibility index (Phi) is 2.61. The number of H-pyrrole nitrogens is 1. The van der Waals surface area contributed by atoms with E-state index in [9.17, 15) is 9.59 Å². The minimum Gasteiger partial charge on any atom is -0.356 e. The standard InChI is InChI=1S/C15H17N3O2/c1-4-15(3)13-12(14(20)17-18(15)9(2)19)10-7-5-6-8-11(10)16-13/h5-8,16H,4H2,1-3H3,(H,17,20)/t15-/m0/s1. The number of aromatic amines is 1. The van der Waals surface area contributed by atoms with E-state index in [0.29, 0.717) is 12.0 Å². The lowest BCUT2D eigenvalue weighted by Crippen LogP contribution is -2.59. The average Bonchev–Trinajstić information content (AvgIpc) is 2.83. The highest BCUT2D eigenvalue weighted by Gasteiger charge is 2.44. The molecule has 2 heterocycles. The molecule has 1 aromatic carbocycles. The number of aromatic nitrogens is 1. The summed E-state index contributed by atoms with van der Waals surface area (Å²) < 4.78 is 0. The van der Waals surface area contributed by atoms with Crippen LogP contribution in [0.1, 0.15) is 43.2 Å². The van der Waals surface area contributed by atoms with Crippen molar-refractivity contribution < 1.29 is 9.59 Å². The molecular formula is C15H17N3O2. The molecule has 0 fully saturated rings. The summed E-state index contributed by atoms with van der Waals surface area (Å²) in [6.07, 6.45) is 0.701. The molecule has 0 saturated carbocycles. The highest BCUT2D eigenvalue weighted by atomic mass is 16.2. The van der Waals surface area contributed by atoms with Crippen LogP contribution in [0.3, 0.4) is 0 Å². The minimum atomic E-state index is -0.561. The van der Waals surface area contributed by atoms with E-state index in [-0.39, 0.29) is 11.8 Å². The zero-order valence-corrected chi connectivity index (χ0v) is 11.8. The van der Waals surface area contributed by atoms with Gasteiger partial charge in [0.15, 0.2) is 0 Å². The van der Waals surface area contributed by atoms with Crippen molar-refractivity contribution in [1.29, 1.82) is 0 Å². The Morgan fingerprint density at radius 3 is 2.70 bits per heavy atom. The van der Waals surface area contributed by atoms with Crippen molar-refractivity contribution >= 4 is 22.7 Å². The van der Waals surface area contributed by atoms with Gasteiger partial charge in [-0.25, -0.2) is 5.01 Å². The highest BCUT2D eigenvalue weighted by molar-refractivity contribution is 6.09. The summed E-state index contributed by atoms with van der Waals surface area (Å²) in [4.78, 5) is 27.5. The Morgan fingerprint density at radius 2 is 2.05 bits per heavy atom. The molecule has 1 aliphatic heterocycles. The van der Waals surface area contributed by atoms with Crippen LogP contribution >= 0.6 is 0 Å². The van der Waals surface area contributed by atoms with Crippen molar-refractivity contribution in [3.8, 4) is 0 Å². The third-order valence-electron chi connectivity index (χ3n) is 4.18. The lowest BCUT2D eigenvalue weighted by Gasteiger charge is -2.43. The Morgan fingerprint density at radius 1 is 1.35 bits per heavy atom. The Hall–Kier alpha value is -2.30. The minimum absolute atomic E-state index is 0.174. The maximum atomic E-state index is 12.4. The number of hydrazine groups is 1. The first-order valence-electron chi connectivity index (χ1n) is 6.72. The molecule has 5 heteroatoms. The predicted molar refractivity (Wildman–Crippen MR) is 75.9 cm³/mol. The van der Waals surface area contributed by atoms with Gasteiger partial charge in [0.2, 0.25) is 5.91 Å². The van der Waals surface area contributed by atoms with Crippen molar-refractivity contribution in [3.63, 3.8) is 0 Å². The summed E-state index contributed by atoms with van der Waals surface area (Å²) >= 11 is 0. The summed E-state index contributed by atoms with van der Waals surface area (Å²) in [5.41, 5.74) is 4.52. The molecule has 0 bridgehead atoms. The second-order valence-electron chi connectivity index (χ2n) is 5.34. The molecule has 20 heavy (non-hydrogen) atoms. The first-order valence-corrected chi connectivity index (χ1v) is 6.72. The fourth-order valence-corrected chi connectivity index (χ4v) is 2.94. The Bertz CT molecular complexity index is 719. The fourth-order valence-electron chi connectivity index (χ4n) is 2.94. The van der Waals surface area contributed by atoms with E-state index in [1.165, 1.54) is 11.9 Å². The van der Waals surface area contributed by atoms with E-state index in [2.05, 4.69) is 10.4 Å². The fraction of sp³-hybridized carbons (Fsp3) is 0.333. The summed E-state index contributed by atoms with van der Waals surface area (Å²) in [5.74, 6) is -0.411. The lowest BCUT2D eigenvalue weighted by molar-refractivity contribution is -0.140. The van der Waals surface area contributed by atoms with Gasteiger partial charge in [0, 0.05) is 17.8 Å². The third kappa shape index (κ3) is 1.49. The third-order valence-corrected chi connectivity index (χ3v) is 4.18. The second-order valence-corrected chi connectivity index (χ2v) is 5.34. The number of para-hydroxylation sites is 1. The van der Waals surface area contributed by atoms with Gasteiger partial charge in [0.05, 0.1) is 11.3 Å². The van der Waals surface area contributed by atoms with Gasteiger partial charge in [0.25, 0.3) is 5.91 Å². The van der Waals surface area contributed by atoms with Crippen LogP contribution in [0.2, 0.25) is 0 Å². The van der Waals surface area contributed by atoms with E-state index in [1.807, 2.05) is 38.1 Å². The molecule has 1 aliphatic rings. The number of rotatable bonds is 1. The van der Waals surface area contributed by atoms with Crippen LogP contribution in [0, 0.1) is 0 Å². The first-order chi connectivity index (χ1) is 9.49. The van der Waals surface area contributed by atoms with Crippen LogP contribution in [0.4, 0.5) is 0 Å². The summed E-state index contributed by atoms with van der Waals surface area (Å²) in [5, 5.41) is 2.32. The zero-order chi connectivity index (χ0) is 14.5. The average molecular weight is 271 g/mol. The Balaban J connectivity index is 2.33. The van der Waals surface area contributed by atoms with Gasteiger partial charge >= 0.3 is 0 Å². The van der Waals surface area contributed by atoms with Crippen LogP contribution < -0.4 is 5.43 Å². The summed E-state index contributed by atoms with van der Waals surface area (Å²) in [6.45, 7) is 5.42. The van der Waals surface area contributed by atoms with E-state index in [0.717, 1.165) is 16.6 Å². The van der Waals surface area contributed by atoms with Gasteiger partial charge in [0.1, 0.15) is 5.54 Å². The van der Waals surface area contributed by atoms with Crippen molar-refractivity contribution in [2.24, 2.45) is 0 Å². The zero-order valence-electron chi connectivity index (χ0n) is 11.8. The number of amides is 2. The SMILES string of the molecule is CC[C@@]1(C)c2[nH]c3ccccc3c2C(=O)NN1C(C)=O. The van der Waals surface area contributed by atoms with Crippen LogP contribution in [0.5, 0.6) is 0 Å². The molecule has 0 spiro atoms. The van der Waals surface area contributed by atoms with Crippen LogP contribution in [-0.4, -0.2) is 21.8 Å². The number of nitrogens with zero attached hydrogens (tertiary/aromatic N) is 1. The molecule has 2 amide bonds. The van der Waals surface area contributed by atoms with Gasteiger partial charge in [-0.05, 0) is 19.4 Å². The number of nitrogens with one attached hydrogen (secondary N) is 2. The van der Waals surface area contributed by atoms with Crippen LogP contribution in [-0.2, 0) is 10.3 Å². The molecule has 104 valence electrons. The van der Waals surface area contributed by atoms with Gasteiger partial charge < -0.3 is 4.98 Å². The van der Waals surface area contributed by atoms with E-state index < -0.39 is 5.54 Å². The van der Waals surface area contributed by atoms with Crippen molar-refractivity contribution in [1.82, 2.24) is 15.4 Å². The normalized spacial score (nSPS) is 21.8. The molecule has 5 nitrogen and oxygen atoms in total. The molecule has 1 aromatic heterocycles. The van der Waals surface area contributed by atoms with Gasteiger partial charge in [-0.2, -0.15) is 0 Å². The van der Waals surface area contributed by atoms with E-state index in [1.54, 1.807) is 0 Å². The summed E-state index contributed by atoms with van der Waals surface area (Å²) in [7, 11) is 0. The van der Waals surface area contributed by atoms with E-state index in [4.69, 9.17) is 0 Å². The first kappa shape index (κ1) is 12.7. The van der Waals surface area contributed by atoms with E-state index >= 15 is 0 Å². The molecular weight excluding hydrogens is 254 g/mol. The molecule has 0 radical (unpaired) electrons. The molecule has 0 unspecified atom stereocenters. The molecule has 1 atom stereocenters. The molecule has 2 N–H and O–H groups in total. The molecule has 2 aromatic rings. The second kappa shape index (κ2) is 4.10. The van der Waals surface area contributed by atoms with Gasteiger partial charge in [-0.3, -0.25) is 15.0 Å². The predicted octanol–water partition coefficient (Wildman–Crippen LogP) is 2.30.